The van der Waals surface area contributed by atoms with Gasteiger partial charge in [0.2, 0.25) is 0 Å². The lowest BCUT2D eigenvalue weighted by Gasteiger charge is -2.38. The van der Waals surface area contributed by atoms with Crippen LogP contribution in [0.2, 0.25) is 0 Å². The molecule has 2 aliphatic heterocycles. The van der Waals surface area contributed by atoms with Crippen molar-refractivity contribution in [1.82, 2.24) is 24.2 Å². The van der Waals surface area contributed by atoms with Crippen molar-refractivity contribution in [2.24, 2.45) is 7.05 Å². The molecule has 0 radical (unpaired) electrons. The van der Waals surface area contributed by atoms with Gasteiger partial charge in [0.15, 0.2) is 0 Å². The van der Waals surface area contributed by atoms with E-state index in [9.17, 15) is 4.79 Å². The minimum Gasteiger partial charge on any atom is -0.395 e. The first kappa shape index (κ1) is 20.2. The number of rotatable bonds is 5. The van der Waals surface area contributed by atoms with Gasteiger partial charge in [-0.1, -0.05) is 0 Å². The lowest BCUT2D eigenvalue weighted by atomic mass is 10.0. The molecule has 0 saturated carbocycles. The van der Waals surface area contributed by atoms with E-state index in [1.54, 1.807) is 0 Å². The van der Waals surface area contributed by atoms with Gasteiger partial charge >= 0.3 is 0 Å². The molecule has 0 bridgehead atoms. The molecule has 9 nitrogen and oxygen atoms in total. The summed E-state index contributed by atoms with van der Waals surface area (Å²) in [6.45, 7) is 5.56. The molecule has 1 fully saturated rings. The Hall–Kier alpha value is -2.75. The Balaban J connectivity index is 1.25. The van der Waals surface area contributed by atoms with Crippen LogP contribution in [0.1, 0.15) is 17.4 Å². The number of anilines is 1. The van der Waals surface area contributed by atoms with Gasteiger partial charge in [-0.15, -0.1) is 0 Å². The summed E-state index contributed by atoms with van der Waals surface area (Å²) >= 11 is 0. The van der Waals surface area contributed by atoms with E-state index in [1.165, 1.54) is 22.2 Å². The number of fused-ring (bicyclic) bond motifs is 2. The molecular weight excluding hydrogens is 396 g/mol. The summed E-state index contributed by atoms with van der Waals surface area (Å²) in [5, 5.41) is 14.1. The predicted molar refractivity (Wildman–Crippen MR) is 117 cm³/mol. The summed E-state index contributed by atoms with van der Waals surface area (Å²) in [5.74, 6) is 0. The van der Waals surface area contributed by atoms with Gasteiger partial charge in [-0.3, -0.25) is 18.9 Å². The summed E-state index contributed by atoms with van der Waals surface area (Å²) in [4.78, 5) is 21.7. The average Bonchev–Trinajstić information content (AvgIpc) is 3.18. The van der Waals surface area contributed by atoms with Crippen molar-refractivity contribution in [2.75, 3.05) is 50.8 Å². The van der Waals surface area contributed by atoms with Gasteiger partial charge in [0.1, 0.15) is 0 Å². The monoisotopic (exact) mass is 424 g/mol. The third kappa shape index (κ3) is 3.84. The van der Waals surface area contributed by atoms with E-state index in [0.717, 1.165) is 51.4 Å². The number of piperazine rings is 1. The molecule has 2 aromatic heterocycles. The van der Waals surface area contributed by atoms with Crippen molar-refractivity contribution >= 4 is 16.6 Å². The van der Waals surface area contributed by atoms with Crippen LogP contribution in [0.25, 0.3) is 10.9 Å². The van der Waals surface area contributed by atoms with Gasteiger partial charge in [0, 0.05) is 63.1 Å². The Morgan fingerprint density at radius 1 is 1.23 bits per heavy atom. The normalized spacial score (nSPS) is 19.7. The van der Waals surface area contributed by atoms with E-state index in [0.29, 0.717) is 10.9 Å². The highest BCUT2D eigenvalue weighted by Crippen LogP contribution is 2.28. The largest absolute Gasteiger partial charge is 0.395 e. The van der Waals surface area contributed by atoms with Crippen molar-refractivity contribution in [3.05, 3.63) is 52.3 Å². The number of hydrogen-bond donors (Lipinski definition) is 1. The molecule has 0 aliphatic carbocycles. The van der Waals surface area contributed by atoms with E-state index in [4.69, 9.17) is 9.84 Å². The number of hydrogen-bond acceptors (Lipinski definition) is 7. The second kappa shape index (κ2) is 8.41. The Morgan fingerprint density at radius 3 is 2.87 bits per heavy atom. The summed E-state index contributed by atoms with van der Waals surface area (Å²) < 4.78 is 9.47. The van der Waals surface area contributed by atoms with Gasteiger partial charge < -0.3 is 14.7 Å². The van der Waals surface area contributed by atoms with Crippen LogP contribution in [0, 0.1) is 0 Å². The third-order valence-electron chi connectivity index (χ3n) is 6.41. The second-order valence-electron chi connectivity index (χ2n) is 8.24. The molecule has 2 aliphatic rings. The second-order valence-corrected chi connectivity index (χ2v) is 8.24. The smallest absolute Gasteiger partial charge is 0.261 e. The molecule has 31 heavy (non-hydrogen) atoms. The molecule has 1 N–H and O–H groups in total. The minimum atomic E-state index is -0.113. The predicted octanol–water partition coefficient (Wildman–Crippen LogP) is 0.558. The standard InChI is InChI=1S/C22H28N6O3/c1-25-20-4-11-31-21(18(20)13-24-25)14-26-5-7-27(8-6-26)16-2-3-17-19(12-16)23-15-28(9-10-29)22(17)30/h2-3,12-13,15,21,29H,4-11,14H2,1H3. The fraction of sp³-hybridized carbons (Fsp3) is 0.500. The molecule has 164 valence electrons. The van der Waals surface area contributed by atoms with Gasteiger partial charge in [0.25, 0.3) is 5.56 Å². The molecule has 0 amide bonds. The molecule has 1 saturated heterocycles. The molecule has 9 heteroatoms. The highest BCUT2D eigenvalue weighted by molar-refractivity contribution is 5.81. The van der Waals surface area contributed by atoms with Crippen LogP contribution >= 0.6 is 0 Å². The van der Waals surface area contributed by atoms with Crippen molar-refractivity contribution in [1.29, 1.82) is 0 Å². The van der Waals surface area contributed by atoms with Gasteiger partial charge in [-0.2, -0.15) is 5.10 Å². The van der Waals surface area contributed by atoms with Crippen LogP contribution in [0.15, 0.2) is 35.5 Å². The first-order chi connectivity index (χ1) is 15.1. The van der Waals surface area contributed by atoms with Crippen molar-refractivity contribution < 1.29 is 9.84 Å². The minimum absolute atomic E-state index is 0.0799. The van der Waals surface area contributed by atoms with Crippen LogP contribution in [0.3, 0.4) is 0 Å². The number of aryl methyl sites for hydroxylation is 1. The van der Waals surface area contributed by atoms with Crippen LogP contribution in [0.4, 0.5) is 5.69 Å². The zero-order valence-corrected chi connectivity index (χ0v) is 17.8. The summed E-state index contributed by atoms with van der Waals surface area (Å²) in [6, 6.07) is 5.83. The highest BCUT2D eigenvalue weighted by atomic mass is 16.5. The number of ether oxygens (including phenoxy) is 1. The van der Waals surface area contributed by atoms with Crippen molar-refractivity contribution in [3.8, 4) is 0 Å². The number of benzene rings is 1. The zero-order chi connectivity index (χ0) is 21.4. The van der Waals surface area contributed by atoms with E-state index >= 15 is 0 Å². The number of aliphatic hydroxyl groups is 1. The lowest BCUT2D eigenvalue weighted by Crippen LogP contribution is -2.48. The molecular formula is C22H28N6O3. The van der Waals surface area contributed by atoms with E-state index in [2.05, 4.69) is 19.9 Å². The van der Waals surface area contributed by atoms with E-state index in [-0.39, 0.29) is 24.8 Å². The Labute approximate surface area is 180 Å². The summed E-state index contributed by atoms with van der Waals surface area (Å²) in [6.07, 6.45) is 4.48. The fourth-order valence-electron chi connectivity index (χ4n) is 4.63. The highest BCUT2D eigenvalue weighted by Gasteiger charge is 2.27. The van der Waals surface area contributed by atoms with E-state index in [1.807, 2.05) is 36.1 Å². The number of nitrogens with zero attached hydrogens (tertiary/aromatic N) is 6. The molecule has 0 spiro atoms. The maximum absolute atomic E-state index is 12.5. The lowest BCUT2D eigenvalue weighted by molar-refractivity contribution is 0.0139. The number of aromatic nitrogens is 4. The molecule has 5 rings (SSSR count). The van der Waals surface area contributed by atoms with Crippen molar-refractivity contribution in [3.63, 3.8) is 0 Å². The molecule has 1 aromatic carbocycles. The molecule has 3 aromatic rings. The van der Waals surface area contributed by atoms with Gasteiger partial charge in [0.05, 0.1) is 49.3 Å². The molecule has 1 atom stereocenters. The van der Waals surface area contributed by atoms with Gasteiger partial charge in [-0.05, 0) is 18.2 Å². The van der Waals surface area contributed by atoms with E-state index < -0.39 is 0 Å². The van der Waals surface area contributed by atoms with Crippen molar-refractivity contribution in [2.45, 2.75) is 19.1 Å². The fourth-order valence-corrected chi connectivity index (χ4v) is 4.63. The van der Waals surface area contributed by atoms with Crippen LogP contribution in [-0.4, -0.2) is 75.3 Å². The molecule has 1 unspecified atom stereocenters. The summed E-state index contributed by atoms with van der Waals surface area (Å²) in [7, 11) is 2.00. The maximum Gasteiger partial charge on any atom is 0.261 e. The first-order valence-corrected chi connectivity index (χ1v) is 10.8. The quantitative estimate of drug-likeness (QED) is 0.640. The topological polar surface area (TPSA) is 88.7 Å². The molecule has 4 heterocycles. The van der Waals surface area contributed by atoms with Crippen LogP contribution in [0.5, 0.6) is 0 Å². The summed E-state index contributed by atoms with van der Waals surface area (Å²) in [5.41, 5.74) is 4.18. The Morgan fingerprint density at radius 2 is 2.06 bits per heavy atom. The third-order valence-corrected chi connectivity index (χ3v) is 6.41. The maximum atomic E-state index is 12.5. The average molecular weight is 425 g/mol. The Bertz CT molecular complexity index is 1130. The first-order valence-electron chi connectivity index (χ1n) is 10.8. The SMILES string of the molecule is Cn1ncc2c1CCOC2CN1CCN(c2ccc3c(=O)n(CCO)cnc3c2)CC1. The Kier molecular flexibility index (Phi) is 5.47. The zero-order valence-electron chi connectivity index (χ0n) is 17.8. The van der Waals surface area contributed by atoms with Gasteiger partial charge in [-0.25, -0.2) is 4.98 Å². The van der Waals surface area contributed by atoms with Crippen LogP contribution < -0.4 is 10.5 Å². The number of aliphatic hydroxyl groups excluding tert-OH is 1. The van der Waals surface area contributed by atoms with Crippen LogP contribution in [-0.2, 0) is 24.8 Å².